The van der Waals surface area contributed by atoms with Crippen LogP contribution in [-0.2, 0) is 4.74 Å². The molecule has 0 spiro atoms. The molecule has 4 rings (SSSR count). The van der Waals surface area contributed by atoms with Crippen molar-refractivity contribution in [1.29, 1.82) is 0 Å². The van der Waals surface area contributed by atoms with Crippen LogP contribution in [0.25, 0.3) is 26.4 Å². The fourth-order valence-electron chi connectivity index (χ4n) is 2.92. The van der Waals surface area contributed by atoms with Gasteiger partial charge in [-0.15, -0.1) is 11.3 Å². The van der Waals surface area contributed by atoms with E-state index in [1.807, 2.05) is 31.3 Å². The van der Waals surface area contributed by atoms with Gasteiger partial charge in [0.1, 0.15) is 10.3 Å². The summed E-state index contributed by atoms with van der Waals surface area (Å²) in [5, 5.41) is 5.90. The topological polar surface area (TPSA) is 80.5 Å². The lowest BCUT2D eigenvalue weighted by atomic mass is 10.2. The van der Waals surface area contributed by atoms with Gasteiger partial charge in [-0.05, 0) is 18.6 Å². The maximum absolute atomic E-state index is 11.2. The van der Waals surface area contributed by atoms with E-state index in [0.29, 0.717) is 18.9 Å². The lowest BCUT2D eigenvalue weighted by Gasteiger charge is -2.09. The minimum absolute atomic E-state index is 0.428. The Balaban J connectivity index is 1.70. The Hall–Kier alpha value is -3.13. The minimum Gasteiger partial charge on any atom is -0.453 e. The highest BCUT2D eigenvalue weighted by atomic mass is 32.1. The van der Waals surface area contributed by atoms with Gasteiger partial charge in [-0.2, -0.15) is 0 Å². The SMILES string of the molecule is COC(=O)NCCNc1nc2cc(-c3ccccc3)sc2n2c(C)cnc12. The van der Waals surface area contributed by atoms with Gasteiger partial charge in [0.25, 0.3) is 0 Å². The van der Waals surface area contributed by atoms with Crippen molar-refractivity contribution < 1.29 is 9.53 Å². The maximum atomic E-state index is 11.2. The van der Waals surface area contributed by atoms with Crippen LogP contribution in [-0.4, -0.2) is 40.7 Å². The number of rotatable bonds is 5. The van der Waals surface area contributed by atoms with E-state index < -0.39 is 6.09 Å². The molecular weight excluding hydrogens is 362 g/mol. The second kappa shape index (κ2) is 7.24. The van der Waals surface area contributed by atoms with Crippen molar-refractivity contribution in [3.05, 3.63) is 48.3 Å². The third kappa shape index (κ3) is 3.31. The highest BCUT2D eigenvalue weighted by Gasteiger charge is 2.15. The number of amides is 1. The summed E-state index contributed by atoms with van der Waals surface area (Å²) in [6, 6.07) is 12.4. The number of ether oxygens (including phenoxy) is 1. The molecule has 0 radical (unpaired) electrons. The number of benzene rings is 1. The van der Waals surface area contributed by atoms with Crippen molar-refractivity contribution in [1.82, 2.24) is 19.7 Å². The minimum atomic E-state index is -0.452. The van der Waals surface area contributed by atoms with E-state index in [2.05, 4.69) is 43.0 Å². The normalized spacial score (nSPS) is 11.0. The highest BCUT2D eigenvalue weighted by Crippen LogP contribution is 2.34. The first-order valence-corrected chi connectivity index (χ1v) is 9.37. The molecule has 3 heterocycles. The van der Waals surface area contributed by atoms with E-state index in [4.69, 9.17) is 4.98 Å². The average molecular weight is 381 g/mol. The summed E-state index contributed by atoms with van der Waals surface area (Å²) in [6.07, 6.45) is 1.39. The number of methoxy groups -OCH3 is 1. The van der Waals surface area contributed by atoms with Crippen LogP contribution in [0.5, 0.6) is 0 Å². The molecule has 8 heteroatoms. The number of hydrogen-bond acceptors (Lipinski definition) is 6. The van der Waals surface area contributed by atoms with Crippen molar-refractivity contribution in [2.24, 2.45) is 0 Å². The number of alkyl carbamates (subject to hydrolysis) is 1. The Morgan fingerprint density at radius 3 is 2.85 bits per heavy atom. The molecule has 1 amide bonds. The number of anilines is 1. The summed E-state index contributed by atoms with van der Waals surface area (Å²) in [7, 11) is 1.34. The van der Waals surface area contributed by atoms with Crippen LogP contribution in [0, 0.1) is 6.92 Å². The standard InChI is InChI=1S/C19H19N5O2S/c1-12-11-22-17-16(20-8-9-21-19(25)26-2)23-14-10-15(27-18(14)24(12)17)13-6-4-3-5-7-13/h3-7,10-11H,8-9H2,1-2H3,(H,20,23)(H,21,25). The summed E-state index contributed by atoms with van der Waals surface area (Å²) in [6.45, 7) is 2.98. The molecule has 0 bridgehead atoms. The fraction of sp³-hybridized carbons (Fsp3) is 0.211. The summed E-state index contributed by atoms with van der Waals surface area (Å²) in [5.74, 6) is 0.694. The summed E-state index contributed by atoms with van der Waals surface area (Å²) in [5.41, 5.74) is 3.91. The Bertz CT molecular complexity index is 1100. The molecule has 138 valence electrons. The molecule has 7 nitrogen and oxygen atoms in total. The fourth-order valence-corrected chi connectivity index (χ4v) is 4.09. The second-order valence-corrected chi connectivity index (χ2v) is 7.06. The van der Waals surface area contributed by atoms with E-state index in [-0.39, 0.29) is 0 Å². The molecule has 0 aliphatic carbocycles. The second-order valence-electron chi connectivity index (χ2n) is 6.03. The smallest absolute Gasteiger partial charge is 0.406 e. The van der Waals surface area contributed by atoms with Gasteiger partial charge in [-0.25, -0.2) is 14.8 Å². The quantitative estimate of drug-likeness (QED) is 0.516. The predicted molar refractivity (Wildman–Crippen MR) is 107 cm³/mol. The van der Waals surface area contributed by atoms with E-state index in [1.165, 1.54) is 12.7 Å². The number of aryl methyl sites for hydroxylation is 1. The number of imidazole rings is 1. The molecular formula is C19H19N5O2S. The van der Waals surface area contributed by atoms with Crippen molar-refractivity contribution >= 4 is 39.2 Å². The zero-order valence-corrected chi connectivity index (χ0v) is 15.8. The monoisotopic (exact) mass is 381 g/mol. The van der Waals surface area contributed by atoms with Gasteiger partial charge in [0.15, 0.2) is 11.5 Å². The number of nitrogens with one attached hydrogen (secondary N) is 2. The van der Waals surface area contributed by atoms with Crippen molar-refractivity contribution in [2.75, 3.05) is 25.5 Å². The van der Waals surface area contributed by atoms with Gasteiger partial charge in [0.05, 0.1) is 7.11 Å². The van der Waals surface area contributed by atoms with Crippen molar-refractivity contribution in [2.45, 2.75) is 6.92 Å². The molecule has 3 aromatic heterocycles. The average Bonchev–Trinajstić information content (AvgIpc) is 3.29. The number of hydrogen-bond donors (Lipinski definition) is 2. The molecule has 0 saturated carbocycles. The lowest BCUT2D eigenvalue weighted by Crippen LogP contribution is -2.28. The van der Waals surface area contributed by atoms with Crippen molar-refractivity contribution in [3.63, 3.8) is 0 Å². The number of thiophene rings is 1. The molecule has 4 aromatic rings. The molecule has 1 aromatic carbocycles. The van der Waals surface area contributed by atoms with Gasteiger partial charge in [0, 0.05) is 29.9 Å². The number of carbonyl (C=O) groups excluding carboxylic acids is 1. The number of fused-ring (bicyclic) bond motifs is 3. The van der Waals surface area contributed by atoms with Gasteiger partial charge in [-0.3, -0.25) is 4.40 Å². The predicted octanol–water partition coefficient (Wildman–Crippen LogP) is 3.69. The molecule has 0 fully saturated rings. The van der Waals surface area contributed by atoms with E-state index in [9.17, 15) is 4.79 Å². The number of nitrogens with zero attached hydrogens (tertiary/aromatic N) is 3. The van der Waals surface area contributed by atoms with Crippen LogP contribution in [0.4, 0.5) is 10.6 Å². The van der Waals surface area contributed by atoms with Crippen LogP contribution >= 0.6 is 11.3 Å². The van der Waals surface area contributed by atoms with Gasteiger partial charge in [0.2, 0.25) is 0 Å². The maximum Gasteiger partial charge on any atom is 0.406 e. The molecule has 0 aliphatic heterocycles. The zero-order valence-electron chi connectivity index (χ0n) is 15.0. The summed E-state index contributed by atoms with van der Waals surface area (Å²) < 4.78 is 6.69. The Kier molecular flexibility index (Phi) is 4.64. The van der Waals surface area contributed by atoms with Crippen LogP contribution in [0.3, 0.4) is 0 Å². The molecule has 0 atom stereocenters. The molecule has 0 unspecified atom stereocenters. The van der Waals surface area contributed by atoms with Crippen LogP contribution in [0.1, 0.15) is 5.69 Å². The molecule has 2 N–H and O–H groups in total. The van der Waals surface area contributed by atoms with Crippen LogP contribution in [0.2, 0.25) is 0 Å². The third-order valence-electron chi connectivity index (χ3n) is 4.21. The van der Waals surface area contributed by atoms with Crippen LogP contribution < -0.4 is 10.6 Å². The zero-order chi connectivity index (χ0) is 18.8. The van der Waals surface area contributed by atoms with Gasteiger partial charge >= 0.3 is 6.09 Å². The number of carbonyl (C=O) groups is 1. The Labute approximate surface area is 160 Å². The highest BCUT2D eigenvalue weighted by molar-refractivity contribution is 7.21. The van der Waals surface area contributed by atoms with E-state index >= 15 is 0 Å². The number of aromatic nitrogens is 3. The lowest BCUT2D eigenvalue weighted by molar-refractivity contribution is 0.171. The van der Waals surface area contributed by atoms with E-state index in [0.717, 1.165) is 26.6 Å². The van der Waals surface area contributed by atoms with Gasteiger partial charge in [-0.1, -0.05) is 30.3 Å². The largest absolute Gasteiger partial charge is 0.453 e. The first kappa shape index (κ1) is 17.3. The summed E-state index contributed by atoms with van der Waals surface area (Å²) >= 11 is 1.70. The Morgan fingerprint density at radius 1 is 1.26 bits per heavy atom. The van der Waals surface area contributed by atoms with Crippen molar-refractivity contribution in [3.8, 4) is 10.4 Å². The molecule has 27 heavy (non-hydrogen) atoms. The third-order valence-corrected chi connectivity index (χ3v) is 5.37. The first-order chi connectivity index (χ1) is 13.2. The first-order valence-electron chi connectivity index (χ1n) is 8.56. The van der Waals surface area contributed by atoms with E-state index in [1.54, 1.807) is 11.3 Å². The summed E-state index contributed by atoms with van der Waals surface area (Å²) in [4.78, 5) is 22.7. The molecule has 0 aliphatic rings. The Morgan fingerprint density at radius 2 is 2.07 bits per heavy atom. The van der Waals surface area contributed by atoms with Gasteiger partial charge < -0.3 is 15.4 Å². The molecule has 0 saturated heterocycles. The van der Waals surface area contributed by atoms with Crippen LogP contribution in [0.15, 0.2) is 42.6 Å².